The summed E-state index contributed by atoms with van der Waals surface area (Å²) in [7, 11) is 0. The number of benzene rings is 1. The van der Waals surface area contributed by atoms with E-state index < -0.39 is 12.0 Å². The lowest BCUT2D eigenvalue weighted by atomic mass is 10.1. The predicted octanol–water partition coefficient (Wildman–Crippen LogP) is 2.11. The molecule has 0 saturated carbocycles. The second-order valence-corrected chi connectivity index (χ2v) is 5.16. The van der Waals surface area contributed by atoms with Gasteiger partial charge in [0.1, 0.15) is 17.4 Å². The molecule has 1 aliphatic rings. The molecule has 1 N–H and O–H groups in total. The summed E-state index contributed by atoms with van der Waals surface area (Å²) in [5, 5.41) is 10.3. The number of rotatable bonds is 3. The maximum Gasteiger partial charge on any atom is 0.323 e. The fourth-order valence-corrected chi connectivity index (χ4v) is 2.62. The number of aliphatic carboxylic acids is 1. The van der Waals surface area contributed by atoms with Crippen LogP contribution in [0.5, 0.6) is 0 Å². The van der Waals surface area contributed by atoms with Crippen LogP contribution in [0.2, 0.25) is 0 Å². The lowest BCUT2D eigenvalue weighted by molar-refractivity contribution is -0.153. The van der Waals surface area contributed by atoms with Gasteiger partial charge in [0.05, 0.1) is 19.8 Å². The summed E-state index contributed by atoms with van der Waals surface area (Å²) in [6, 6.07) is 9.18. The minimum Gasteiger partial charge on any atom is -0.480 e. The van der Waals surface area contributed by atoms with E-state index in [4.69, 9.17) is 9.15 Å². The molecule has 0 spiro atoms. The van der Waals surface area contributed by atoms with Crippen LogP contribution in [-0.2, 0) is 16.1 Å². The molecule has 1 fully saturated rings. The molecule has 2 heterocycles. The maximum absolute atomic E-state index is 11.3. The van der Waals surface area contributed by atoms with Crippen LogP contribution in [0.1, 0.15) is 12.7 Å². The molecule has 3 rings (SSSR count). The second-order valence-electron chi connectivity index (χ2n) is 5.16. The molecule has 1 aromatic heterocycles. The normalized spacial score (nSPS) is 24.1. The van der Waals surface area contributed by atoms with Crippen LogP contribution >= 0.6 is 0 Å². The van der Waals surface area contributed by atoms with Crippen molar-refractivity contribution >= 4 is 16.9 Å². The highest BCUT2D eigenvalue weighted by atomic mass is 16.5. The largest absolute Gasteiger partial charge is 0.480 e. The summed E-state index contributed by atoms with van der Waals surface area (Å²) in [6.07, 6.45) is 0. The third-order valence-corrected chi connectivity index (χ3v) is 3.70. The molecule has 1 saturated heterocycles. The Morgan fingerprint density at radius 1 is 1.40 bits per heavy atom. The van der Waals surface area contributed by atoms with E-state index in [1.54, 1.807) is 0 Å². The summed E-state index contributed by atoms with van der Waals surface area (Å²) < 4.78 is 11.1. The standard InChI is InChI=1S/C15H17NO4/c1-10-8-19-9-13(15(17)18)16(10)7-12-6-11-4-2-3-5-14(11)20-12/h2-6,10,13H,7-9H2,1H3,(H,17,18)/t10-,13-/m1/s1. The number of furan rings is 1. The van der Waals surface area contributed by atoms with Crippen LogP contribution in [0.4, 0.5) is 0 Å². The summed E-state index contributed by atoms with van der Waals surface area (Å²) in [5.74, 6) is -0.0705. The van der Waals surface area contributed by atoms with Gasteiger partial charge < -0.3 is 14.3 Å². The van der Waals surface area contributed by atoms with Crippen LogP contribution in [-0.4, -0.2) is 41.3 Å². The van der Waals surface area contributed by atoms with Crippen LogP contribution in [0.3, 0.4) is 0 Å². The molecule has 1 aromatic carbocycles. The first-order valence-electron chi connectivity index (χ1n) is 6.69. The lowest BCUT2D eigenvalue weighted by Gasteiger charge is -2.37. The molecule has 2 atom stereocenters. The molecular weight excluding hydrogens is 258 g/mol. The van der Waals surface area contributed by atoms with Crippen LogP contribution in [0, 0.1) is 0 Å². The van der Waals surface area contributed by atoms with E-state index in [1.165, 1.54) is 0 Å². The van der Waals surface area contributed by atoms with E-state index in [9.17, 15) is 9.90 Å². The van der Waals surface area contributed by atoms with E-state index in [0.717, 1.165) is 16.7 Å². The van der Waals surface area contributed by atoms with Gasteiger partial charge in [-0.15, -0.1) is 0 Å². The van der Waals surface area contributed by atoms with E-state index in [-0.39, 0.29) is 12.6 Å². The smallest absolute Gasteiger partial charge is 0.323 e. The Kier molecular flexibility index (Phi) is 3.46. The molecule has 0 aliphatic carbocycles. The third-order valence-electron chi connectivity index (χ3n) is 3.70. The van der Waals surface area contributed by atoms with Crippen molar-refractivity contribution in [3.63, 3.8) is 0 Å². The first-order chi connectivity index (χ1) is 9.65. The summed E-state index contributed by atoms with van der Waals surface area (Å²) in [6.45, 7) is 3.22. The molecule has 2 aromatic rings. The highest BCUT2D eigenvalue weighted by Crippen LogP contribution is 2.23. The average Bonchev–Trinajstić information content (AvgIpc) is 2.83. The van der Waals surface area contributed by atoms with Crippen LogP contribution in [0.25, 0.3) is 11.0 Å². The second kappa shape index (κ2) is 5.26. The van der Waals surface area contributed by atoms with E-state index >= 15 is 0 Å². The zero-order chi connectivity index (χ0) is 14.1. The number of nitrogens with zero attached hydrogens (tertiary/aromatic N) is 1. The monoisotopic (exact) mass is 275 g/mol. The van der Waals surface area contributed by atoms with Crippen LogP contribution < -0.4 is 0 Å². The molecule has 106 valence electrons. The van der Waals surface area contributed by atoms with Gasteiger partial charge >= 0.3 is 5.97 Å². The van der Waals surface area contributed by atoms with Gasteiger partial charge in [0.25, 0.3) is 0 Å². The van der Waals surface area contributed by atoms with Crippen molar-refractivity contribution in [3.05, 3.63) is 36.1 Å². The number of para-hydroxylation sites is 1. The highest BCUT2D eigenvalue weighted by Gasteiger charge is 2.34. The van der Waals surface area contributed by atoms with Crippen molar-refractivity contribution in [2.45, 2.75) is 25.6 Å². The third kappa shape index (κ3) is 2.42. The summed E-state index contributed by atoms with van der Waals surface area (Å²) in [4.78, 5) is 13.2. The number of ether oxygens (including phenoxy) is 1. The molecule has 0 bridgehead atoms. The molecule has 5 heteroatoms. The number of hydrogen-bond acceptors (Lipinski definition) is 4. The average molecular weight is 275 g/mol. The number of hydrogen-bond donors (Lipinski definition) is 1. The van der Waals surface area contributed by atoms with Crippen molar-refractivity contribution in [3.8, 4) is 0 Å². The Labute approximate surface area is 116 Å². The topological polar surface area (TPSA) is 62.9 Å². The van der Waals surface area contributed by atoms with E-state index in [0.29, 0.717) is 13.2 Å². The Balaban J connectivity index is 1.85. The molecule has 1 aliphatic heterocycles. The first-order valence-corrected chi connectivity index (χ1v) is 6.69. The van der Waals surface area contributed by atoms with Gasteiger partial charge in [-0.2, -0.15) is 0 Å². The number of fused-ring (bicyclic) bond motifs is 1. The van der Waals surface area contributed by atoms with Gasteiger partial charge in [0.15, 0.2) is 0 Å². The Morgan fingerprint density at radius 2 is 2.20 bits per heavy atom. The van der Waals surface area contributed by atoms with Gasteiger partial charge in [-0.05, 0) is 19.1 Å². The summed E-state index contributed by atoms with van der Waals surface area (Å²) >= 11 is 0. The molecule has 20 heavy (non-hydrogen) atoms. The van der Waals surface area contributed by atoms with Crippen molar-refractivity contribution in [2.24, 2.45) is 0 Å². The Morgan fingerprint density at radius 3 is 2.95 bits per heavy atom. The van der Waals surface area contributed by atoms with E-state index in [2.05, 4.69) is 0 Å². The molecule has 5 nitrogen and oxygen atoms in total. The zero-order valence-electron chi connectivity index (χ0n) is 11.3. The molecule has 0 amide bonds. The maximum atomic E-state index is 11.3. The predicted molar refractivity (Wildman–Crippen MR) is 73.5 cm³/mol. The molecule has 0 radical (unpaired) electrons. The van der Waals surface area contributed by atoms with Crippen LogP contribution in [0.15, 0.2) is 34.7 Å². The van der Waals surface area contributed by atoms with Crippen molar-refractivity contribution < 1.29 is 19.1 Å². The lowest BCUT2D eigenvalue weighted by Crippen LogP contribution is -2.53. The minimum atomic E-state index is -0.854. The quantitative estimate of drug-likeness (QED) is 0.929. The van der Waals surface area contributed by atoms with Gasteiger partial charge in [0.2, 0.25) is 0 Å². The Bertz CT molecular complexity index is 588. The fraction of sp³-hybridized carbons (Fsp3) is 0.400. The van der Waals surface area contributed by atoms with Crippen molar-refractivity contribution in [1.82, 2.24) is 4.90 Å². The zero-order valence-corrected chi connectivity index (χ0v) is 11.3. The number of carboxylic acid groups (broad SMARTS) is 1. The van der Waals surface area contributed by atoms with Gasteiger partial charge in [0, 0.05) is 11.4 Å². The minimum absolute atomic E-state index is 0.0538. The fourth-order valence-electron chi connectivity index (χ4n) is 2.62. The number of morpholine rings is 1. The molecule has 0 unspecified atom stereocenters. The van der Waals surface area contributed by atoms with Gasteiger partial charge in [-0.25, -0.2) is 0 Å². The van der Waals surface area contributed by atoms with Gasteiger partial charge in [-0.3, -0.25) is 9.69 Å². The Hall–Kier alpha value is -1.85. The van der Waals surface area contributed by atoms with Gasteiger partial charge in [-0.1, -0.05) is 18.2 Å². The highest BCUT2D eigenvalue weighted by molar-refractivity contribution is 5.77. The van der Waals surface area contributed by atoms with Crippen molar-refractivity contribution in [1.29, 1.82) is 0 Å². The number of carboxylic acids is 1. The SMILES string of the molecule is C[C@@H]1COC[C@H](C(=O)O)N1Cc1cc2ccccc2o1. The van der Waals surface area contributed by atoms with E-state index in [1.807, 2.05) is 42.2 Å². The molecular formula is C15H17NO4. The number of carbonyl (C=O) groups is 1. The first kappa shape index (κ1) is 13.1. The summed E-state index contributed by atoms with van der Waals surface area (Å²) in [5.41, 5.74) is 0.829. The van der Waals surface area contributed by atoms with Crippen molar-refractivity contribution in [2.75, 3.05) is 13.2 Å².